The van der Waals surface area contributed by atoms with Gasteiger partial charge in [0, 0.05) is 0 Å². The molecule has 14 heavy (non-hydrogen) atoms. The molecule has 4 nitrogen and oxygen atoms in total. The van der Waals surface area contributed by atoms with Crippen LogP contribution >= 0.6 is 0 Å². The first-order chi connectivity index (χ1) is 6.65. The molecule has 76 valence electrons. The van der Waals surface area contributed by atoms with Gasteiger partial charge >= 0.3 is 0 Å². The Kier molecular flexibility index (Phi) is 2.30. The normalized spacial score (nSPS) is 20.8. The van der Waals surface area contributed by atoms with E-state index in [1.54, 1.807) is 6.07 Å². The van der Waals surface area contributed by atoms with Crippen LogP contribution in [0, 0.1) is 0 Å². The molecule has 0 radical (unpaired) electrons. The maximum atomic E-state index is 11.4. The maximum Gasteiger partial charge on any atom is 0.240 e. The Hall–Kier alpha value is -0.910. The van der Waals surface area contributed by atoms with Crippen LogP contribution in [0.15, 0.2) is 24.3 Å². The fourth-order valence-corrected chi connectivity index (χ4v) is 3.02. The number of hydrogen-bond donors (Lipinski definition) is 2. The van der Waals surface area contributed by atoms with E-state index >= 15 is 0 Å². The first-order valence-corrected chi connectivity index (χ1v) is 5.92. The van der Waals surface area contributed by atoms with Crippen LogP contribution in [0.25, 0.3) is 0 Å². The van der Waals surface area contributed by atoms with Gasteiger partial charge in [0.2, 0.25) is 10.0 Å². The Morgan fingerprint density at radius 1 is 1.36 bits per heavy atom. The van der Waals surface area contributed by atoms with Crippen molar-refractivity contribution in [2.45, 2.75) is 18.1 Å². The SMILES string of the molecule is O=S(=O)(NO)C1CCc2ccccc21. The van der Waals surface area contributed by atoms with Crippen LogP contribution in [-0.4, -0.2) is 13.6 Å². The second kappa shape index (κ2) is 3.34. The van der Waals surface area contributed by atoms with Gasteiger partial charge in [0.1, 0.15) is 5.25 Å². The summed E-state index contributed by atoms with van der Waals surface area (Å²) in [5, 5.41) is 7.93. The van der Waals surface area contributed by atoms with Gasteiger partial charge in [-0.2, -0.15) is 0 Å². The molecule has 0 aliphatic heterocycles. The Balaban J connectivity index is 2.45. The predicted octanol–water partition coefficient (Wildman–Crippen LogP) is 0.982. The monoisotopic (exact) mass is 213 g/mol. The number of nitrogens with one attached hydrogen (secondary N) is 1. The first kappa shape index (κ1) is 9.64. The van der Waals surface area contributed by atoms with Gasteiger partial charge in [-0.05, 0) is 24.0 Å². The van der Waals surface area contributed by atoms with E-state index in [4.69, 9.17) is 5.21 Å². The van der Waals surface area contributed by atoms with Crippen molar-refractivity contribution in [3.63, 3.8) is 0 Å². The molecule has 0 aromatic heterocycles. The van der Waals surface area contributed by atoms with Gasteiger partial charge in [0.15, 0.2) is 0 Å². The second-order valence-electron chi connectivity index (χ2n) is 3.36. The van der Waals surface area contributed by atoms with E-state index in [0.29, 0.717) is 6.42 Å². The molecule has 2 N–H and O–H groups in total. The average molecular weight is 213 g/mol. The lowest BCUT2D eigenvalue weighted by atomic mass is 10.1. The zero-order chi connectivity index (χ0) is 10.2. The van der Waals surface area contributed by atoms with Crippen LogP contribution in [0.4, 0.5) is 0 Å². The number of fused-ring (bicyclic) bond motifs is 1. The molecular weight excluding hydrogens is 202 g/mol. The summed E-state index contributed by atoms with van der Waals surface area (Å²) >= 11 is 0. The topological polar surface area (TPSA) is 66.4 Å². The summed E-state index contributed by atoms with van der Waals surface area (Å²) < 4.78 is 22.8. The van der Waals surface area contributed by atoms with Crippen LogP contribution in [-0.2, 0) is 16.4 Å². The summed E-state index contributed by atoms with van der Waals surface area (Å²) in [5.41, 5.74) is 1.85. The Morgan fingerprint density at radius 3 is 2.79 bits per heavy atom. The van der Waals surface area contributed by atoms with Gasteiger partial charge in [-0.1, -0.05) is 29.2 Å². The largest absolute Gasteiger partial charge is 0.302 e. The molecule has 0 heterocycles. The van der Waals surface area contributed by atoms with Crippen molar-refractivity contribution in [2.75, 3.05) is 0 Å². The second-order valence-corrected chi connectivity index (χ2v) is 5.20. The van der Waals surface area contributed by atoms with Crippen LogP contribution in [0.1, 0.15) is 22.8 Å². The van der Waals surface area contributed by atoms with E-state index in [2.05, 4.69) is 0 Å². The van der Waals surface area contributed by atoms with Crippen molar-refractivity contribution in [3.05, 3.63) is 35.4 Å². The van der Waals surface area contributed by atoms with Gasteiger partial charge in [-0.3, -0.25) is 0 Å². The summed E-state index contributed by atoms with van der Waals surface area (Å²) in [6.45, 7) is 0. The standard InChI is InChI=1S/C9H11NO3S/c11-10-14(12,13)9-6-5-7-3-1-2-4-8(7)9/h1-4,9-11H,5-6H2. The molecular formula is C9H11NO3S. The van der Waals surface area contributed by atoms with Crippen LogP contribution in [0.2, 0.25) is 0 Å². The molecule has 0 spiro atoms. The Labute approximate surface area is 82.6 Å². The van der Waals surface area contributed by atoms with Crippen molar-refractivity contribution in [2.24, 2.45) is 0 Å². The molecule has 1 atom stereocenters. The van der Waals surface area contributed by atoms with Crippen LogP contribution in [0.3, 0.4) is 0 Å². The molecule has 1 unspecified atom stereocenters. The van der Waals surface area contributed by atoms with E-state index in [1.165, 1.54) is 4.89 Å². The number of benzene rings is 1. The van der Waals surface area contributed by atoms with Gasteiger partial charge < -0.3 is 5.21 Å². The van der Waals surface area contributed by atoms with E-state index in [0.717, 1.165) is 17.5 Å². The number of hydrogen-bond acceptors (Lipinski definition) is 3. The summed E-state index contributed by atoms with van der Waals surface area (Å²) in [7, 11) is -3.61. The van der Waals surface area contributed by atoms with Gasteiger partial charge in [-0.15, -0.1) is 0 Å². The minimum Gasteiger partial charge on any atom is -0.302 e. The molecule has 0 amide bonds. The smallest absolute Gasteiger partial charge is 0.240 e. The van der Waals surface area contributed by atoms with Crippen molar-refractivity contribution in [1.82, 2.24) is 4.89 Å². The summed E-state index contributed by atoms with van der Waals surface area (Å²) in [4.78, 5) is 1.40. The molecule has 5 heteroatoms. The number of sulfonamides is 1. The minimum atomic E-state index is -3.61. The molecule has 2 rings (SSSR count). The lowest BCUT2D eigenvalue weighted by Gasteiger charge is -2.10. The highest BCUT2D eigenvalue weighted by molar-refractivity contribution is 7.89. The predicted molar refractivity (Wildman–Crippen MR) is 51.3 cm³/mol. The fraction of sp³-hybridized carbons (Fsp3) is 0.333. The zero-order valence-corrected chi connectivity index (χ0v) is 8.29. The average Bonchev–Trinajstić information content (AvgIpc) is 2.61. The van der Waals surface area contributed by atoms with Crippen molar-refractivity contribution < 1.29 is 13.6 Å². The van der Waals surface area contributed by atoms with E-state index in [9.17, 15) is 8.42 Å². The van der Waals surface area contributed by atoms with Crippen LogP contribution < -0.4 is 4.89 Å². The highest BCUT2D eigenvalue weighted by Crippen LogP contribution is 2.35. The third kappa shape index (κ3) is 1.43. The van der Waals surface area contributed by atoms with Crippen LogP contribution in [0.5, 0.6) is 0 Å². The van der Waals surface area contributed by atoms with E-state index < -0.39 is 15.3 Å². The van der Waals surface area contributed by atoms with Crippen molar-refractivity contribution in [1.29, 1.82) is 0 Å². The van der Waals surface area contributed by atoms with Gasteiger partial charge in [0.25, 0.3) is 0 Å². The highest BCUT2D eigenvalue weighted by atomic mass is 32.2. The molecule has 1 aliphatic rings. The van der Waals surface area contributed by atoms with Gasteiger partial charge in [-0.25, -0.2) is 8.42 Å². The Bertz CT molecular complexity index is 441. The summed E-state index contributed by atoms with van der Waals surface area (Å²) in [6.07, 6.45) is 1.29. The van der Waals surface area contributed by atoms with Gasteiger partial charge in [0.05, 0.1) is 0 Å². The molecule has 0 saturated heterocycles. The molecule has 0 fully saturated rings. The summed E-state index contributed by atoms with van der Waals surface area (Å²) in [6, 6.07) is 7.41. The zero-order valence-electron chi connectivity index (χ0n) is 7.47. The first-order valence-electron chi connectivity index (χ1n) is 4.37. The molecule has 1 aromatic carbocycles. The third-order valence-electron chi connectivity index (χ3n) is 2.58. The van der Waals surface area contributed by atoms with E-state index in [-0.39, 0.29) is 0 Å². The highest BCUT2D eigenvalue weighted by Gasteiger charge is 2.32. The van der Waals surface area contributed by atoms with Crippen molar-refractivity contribution >= 4 is 10.0 Å². The molecule has 0 saturated carbocycles. The Morgan fingerprint density at radius 2 is 2.07 bits per heavy atom. The number of aryl methyl sites for hydroxylation is 1. The fourth-order valence-electron chi connectivity index (χ4n) is 1.90. The maximum absolute atomic E-state index is 11.4. The molecule has 0 bridgehead atoms. The lowest BCUT2D eigenvalue weighted by Crippen LogP contribution is -2.25. The van der Waals surface area contributed by atoms with E-state index in [1.807, 2.05) is 18.2 Å². The lowest BCUT2D eigenvalue weighted by molar-refractivity contribution is 0.240. The number of rotatable bonds is 2. The quantitative estimate of drug-likeness (QED) is 0.720. The minimum absolute atomic E-state index is 0.537. The summed E-state index contributed by atoms with van der Waals surface area (Å²) in [5.74, 6) is 0. The molecule has 1 aliphatic carbocycles. The van der Waals surface area contributed by atoms with Crippen molar-refractivity contribution in [3.8, 4) is 0 Å². The molecule has 1 aromatic rings. The third-order valence-corrected chi connectivity index (χ3v) is 4.07.